The second-order valence-corrected chi connectivity index (χ2v) is 7.56. The maximum absolute atomic E-state index is 12.6. The number of rotatable bonds is 4. The number of fused-ring (bicyclic) bond motifs is 1. The summed E-state index contributed by atoms with van der Waals surface area (Å²) < 4.78 is 10.6. The Labute approximate surface area is 172 Å². The minimum Gasteiger partial charge on any atom is -0.454 e. The highest BCUT2D eigenvalue weighted by Gasteiger charge is 2.26. The fourth-order valence-corrected chi connectivity index (χ4v) is 3.77. The molecule has 2 aliphatic rings. The first kappa shape index (κ1) is 17.9. The molecule has 1 aromatic heterocycles. The van der Waals surface area contributed by atoms with Crippen molar-refractivity contribution in [3.63, 3.8) is 0 Å². The van der Waals surface area contributed by atoms with Gasteiger partial charge in [0.2, 0.25) is 6.79 Å². The molecule has 3 aromatic rings. The highest BCUT2D eigenvalue weighted by molar-refractivity contribution is 6.30. The topological polar surface area (TPSA) is 79.5 Å². The van der Waals surface area contributed by atoms with Crippen molar-refractivity contribution in [2.45, 2.75) is 12.5 Å². The van der Waals surface area contributed by atoms with Crippen molar-refractivity contribution >= 4 is 23.3 Å². The first-order valence-electron chi connectivity index (χ1n) is 9.42. The minimum atomic E-state index is -0.112. The summed E-state index contributed by atoms with van der Waals surface area (Å²) in [6, 6.07) is 14.9. The summed E-state index contributed by atoms with van der Waals surface area (Å²) in [4.78, 5) is 14.8. The number of nitrogens with one attached hydrogen (secondary N) is 2. The molecule has 0 bridgehead atoms. The van der Waals surface area contributed by atoms with Crippen LogP contribution in [-0.2, 0) is 0 Å². The number of benzene rings is 2. The molecule has 7 nitrogen and oxygen atoms in total. The number of halogens is 1. The van der Waals surface area contributed by atoms with Crippen LogP contribution < -0.4 is 19.7 Å². The largest absolute Gasteiger partial charge is 0.454 e. The summed E-state index contributed by atoms with van der Waals surface area (Å²) in [5, 5.41) is 11.3. The fourth-order valence-electron chi connectivity index (χ4n) is 3.64. The van der Waals surface area contributed by atoms with Gasteiger partial charge < -0.3 is 19.7 Å². The van der Waals surface area contributed by atoms with Crippen LogP contribution in [0.5, 0.6) is 11.5 Å². The van der Waals surface area contributed by atoms with Crippen molar-refractivity contribution in [2.24, 2.45) is 0 Å². The summed E-state index contributed by atoms with van der Waals surface area (Å²) in [6.07, 6.45) is 0.861. The van der Waals surface area contributed by atoms with Crippen LogP contribution in [0.4, 0.5) is 5.82 Å². The third kappa shape index (κ3) is 3.61. The van der Waals surface area contributed by atoms with Crippen LogP contribution >= 0.6 is 11.6 Å². The Morgan fingerprint density at radius 1 is 1.14 bits per heavy atom. The zero-order valence-corrected chi connectivity index (χ0v) is 16.3. The molecule has 0 saturated carbocycles. The van der Waals surface area contributed by atoms with Gasteiger partial charge in [0, 0.05) is 35.8 Å². The zero-order chi connectivity index (χ0) is 19.8. The number of carbonyl (C=O) groups is 1. The average Bonchev–Trinajstić information content (AvgIpc) is 3.48. The molecule has 1 saturated heterocycles. The van der Waals surface area contributed by atoms with Crippen molar-refractivity contribution in [1.29, 1.82) is 0 Å². The summed E-state index contributed by atoms with van der Waals surface area (Å²) in [7, 11) is 0. The minimum absolute atomic E-state index is 0.0589. The van der Waals surface area contributed by atoms with Crippen LogP contribution in [0.3, 0.4) is 0 Å². The smallest absolute Gasteiger partial charge is 0.251 e. The summed E-state index contributed by atoms with van der Waals surface area (Å²) in [6.45, 7) is 1.73. The molecule has 3 heterocycles. The first-order chi connectivity index (χ1) is 14.2. The third-order valence-corrected chi connectivity index (χ3v) is 5.45. The van der Waals surface area contributed by atoms with Gasteiger partial charge >= 0.3 is 0 Å². The molecular weight excluding hydrogens is 392 g/mol. The van der Waals surface area contributed by atoms with E-state index in [0.717, 1.165) is 30.0 Å². The van der Waals surface area contributed by atoms with E-state index in [4.69, 9.17) is 21.1 Å². The Bertz CT molecular complexity index is 1050. The Kier molecular flexibility index (Phi) is 4.52. The number of aromatic amines is 1. The van der Waals surface area contributed by atoms with Crippen molar-refractivity contribution in [3.05, 3.63) is 59.1 Å². The van der Waals surface area contributed by atoms with E-state index in [0.29, 0.717) is 28.6 Å². The van der Waals surface area contributed by atoms with Gasteiger partial charge in [-0.25, -0.2) is 0 Å². The Morgan fingerprint density at radius 3 is 2.83 bits per heavy atom. The second-order valence-electron chi connectivity index (χ2n) is 7.12. The maximum atomic E-state index is 12.6. The van der Waals surface area contributed by atoms with Gasteiger partial charge in [-0.3, -0.25) is 9.89 Å². The molecule has 1 atom stereocenters. The number of aromatic nitrogens is 2. The number of amides is 1. The van der Waals surface area contributed by atoms with E-state index in [9.17, 15) is 4.79 Å². The third-order valence-electron chi connectivity index (χ3n) is 5.20. The van der Waals surface area contributed by atoms with Gasteiger partial charge in [0.15, 0.2) is 17.3 Å². The molecule has 8 heteroatoms. The van der Waals surface area contributed by atoms with Crippen LogP contribution in [0.2, 0.25) is 5.02 Å². The molecule has 148 valence electrons. The molecule has 1 fully saturated rings. The first-order valence-corrected chi connectivity index (χ1v) is 9.80. The number of hydrogen-bond donors (Lipinski definition) is 2. The van der Waals surface area contributed by atoms with Gasteiger partial charge in [0.1, 0.15) is 0 Å². The summed E-state index contributed by atoms with van der Waals surface area (Å²) in [5.41, 5.74) is 2.53. The number of anilines is 1. The number of H-pyrrole nitrogens is 1. The molecule has 0 unspecified atom stereocenters. The van der Waals surface area contributed by atoms with E-state index in [2.05, 4.69) is 20.4 Å². The molecule has 2 N–H and O–H groups in total. The van der Waals surface area contributed by atoms with Crippen LogP contribution in [0.25, 0.3) is 11.3 Å². The van der Waals surface area contributed by atoms with E-state index in [1.165, 1.54) is 0 Å². The molecule has 5 rings (SSSR count). The van der Waals surface area contributed by atoms with Crippen molar-refractivity contribution in [2.75, 3.05) is 24.8 Å². The monoisotopic (exact) mass is 410 g/mol. The Balaban J connectivity index is 1.22. The van der Waals surface area contributed by atoms with E-state index in [1.54, 1.807) is 18.2 Å². The van der Waals surface area contributed by atoms with Crippen LogP contribution in [0, 0.1) is 0 Å². The Hall–Kier alpha value is -3.19. The number of nitrogens with zero attached hydrogens (tertiary/aromatic N) is 2. The van der Waals surface area contributed by atoms with Crippen LogP contribution in [0.15, 0.2) is 48.5 Å². The average molecular weight is 411 g/mol. The van der Waals surface area contributed by atoms with Gasteiger partial charge in [-0.2, -0.15) is 5.10 Å². The van der Waals surface area contributed by atoms with Gasteiger partial charge in [0.05, 0.1) is 5.69 Å². The lowest BCUT2D eigenvalue weighted by Crippen LogP contribution is -2.37. The van der Waals surface area contributed by atoms with Crippen molar-refractivity contribution < 1.29 is 14.3 Å². The van der Waals surface area contributed by atoms with E-state index in [1.807, 2.05) is 30.3 Å². The molecule has 2 aliphatic heterocycles. The molecule has 0 aliphatic carbocycles. The van der Waals surface area contributed by atoms with Gasteiger partial charge in [-0.15, -0.1) is 0 Å². The highest BCUT2D eigenvalue weighted by atomic mass is 35.5. The number of hydrogen-bond acceptors (Lipinski definition) is 5. The summed E-state index contributed by atoms with van der Waals surface area (Å²) >= 11 is 5.96. The SMILES string of the molecule is O=C(N[C@@H]1CCN(c2cc(-c3ccc(Cl)cc3)[nH]n2)C1)c1ccc2c(c1)OCO2. The highest BCUT2D eigenvalue weighted by Crippen LogP contribution is 2.32. The fraction of sp³-hybridized carbons (Fsp3) is 0.238. The second kappa shape index (κ2) is 7.33. The van der Waals surface area contributed by atoms with Crippen LogP contribution in [-0.4, -0.2) is 42.0 Å². The zero-order valence-electron chi connectivity index (χ0n) is 15.5. The Morgan fingerprint density at radius 2 is 1.97 bits per heavy atom. The molecule has 0 radical (unpaired) electrons. The molecule has 2 aromatic carbocycles. The normalized spacial score (nSPS) is 17.6. The number of carbonyl (C=O) groups excluding carboxylic acids is 1. The molecule has 29 heavy (non-hydrogen) atoms. The van der Waals surface area contributed by atoms with E-state index < -0.39 is 0 Å². The lowest BCUT2D eigenvalue weighted by Gasteiger charge is -2.16. The van der Waals surface area contributed by atoms with Gasteiger partial charge in [0.25, 0.3) is 5.91 Å². The van der Waals surface area contributed by atoms with Crippen molar-refractivity contribution in [3.8, 4) is 22.8 Å². The maximum Gasteiger partial charge on any atom is 0.251 e. The lowest BCUT2D eigenvalue weighted by atomic mass is 10.1. The van der Waals surface area contributed by atoms with Gasteiger partial charge in [-0.05, 0) is 42.3 Å². The number of ether oxygens (including phenoxy) is 2. The molecular formula is C21H19ClN4O3. The predicted octanol–water partition coefficient (Wildman–Crippen LogP) is 3.47. The van der Waals surface area contributed by atoms with Gasteiger partial charge in [-0.1, -0.05) is 23.7 Å². The van der Waals surface area contributed by atoms with Crippen molar-refractivity contribution in [1.82, 2.24) is 15.5 Å². The quantitative estimate of drug-likeness (QED) is 0.688. The van der Waals surface area contributed by atoms with E-state index in [-0.39, 0.29) is 18.7 Å². The predicted molar refractivity (Wildman–Crippen MR) is 110 cm³/mol. The summed E-state index contributed by atoms with van der Waals surface area (Å²) in [5.74, 6) is 2.04. The van der Waals surface area contributed by atoms with Crippen LogP contribution in [0.1, 0.15) is 16.8 Å². The molecule has 0 spiro atoms. The standard InChI is InChI=1S/C21H19ClN4O3/c22-15-4-1-13(2-5-15)17-10-20(25-24-17)26-8-7-16(11-26)23-21(27)14-3-6-18-19(9-14)29-12-28-18/h1-6,9-10,16H,7-8,11-12H2,(H,23,27)(H,24,25)/t16-/m1/s1. The molecule has 1 amide bonds. The lowest BCUT2D eigenvalue weighted by molar-refractivity contribution is 0.0940. The van der Waals surface area contributed by atoms with E-state index >= 15 is 0 Å².